The first-order valence-electron chi connectivity index (χ1n) is 7.54. The van der Waals surface area contributed by atoms with Crippen LogP contribution in [-0.4, -0.2) is 11.7 Å². The highest BCUT2D eigenvalue weighted by molar-refractivity contribution is 6.30. The van der Waals surface area contributed by atoms with Gasteiger partial charge in [0.25, 0.3) is 0 Å². The van der Waals surface area contributed by atoms with Gasteiger partial charge in [0.1, 0.15) is 5.75 Å². The van der Waals surface area contributed by atoms with Crippen LogP contribution in [0.1, 0.15) is 23.7 Å². The highest BCUT2D eigenvalue weighted by atomic mass is 35.5. The van der Waals surface area contributed by atoms with Crippen molar-refractivity contribution < 1.29 is 4.74 Å². The molecular weight excluding hydrogens is 294 g/mol. The predicted molar refractivity (Wildman–Crippen MR) is 93.2 cm³/mol. The van der Waals surface area contributed by atoms with E-state index in [1.54, 1.807) is 7.11 Å². The number of halogens is 1. The lowest BCUT2D eigenvalue weighted by Gasteiger charge is -2.11. The van der Waals surface area contributed by atoms with E-state index in [4.69, 9.17) is 16.3 Å². The number of aromatic nitrogens is 1. The highest BCUT2D eigenvalue weighted by Gasteiger charge is 2.13. The van der Waals surface area contributed by atoms with Crippen molar-refractivity contribution in [3.05, 3.63) is 64.3 Å². The van der Waals surface area contributed by atoms with Crippen LogP contribution >= 0.6 is 11.6 Å². The lowest BCUT2D eigenvalue weighted by Crippen LogP contribution is -2.04. The van der Waals surface area contributed by atoms with E-state index in [1.807, 2.05) is 18.2 Å². The van der Waals surface area contributed by atoms with E-state index in [-0.39, 0.29) is 0 Å². The van der Waals surface area contributed by atoms with E-state index < -0.39 is 0 Å². The average molecular weight is 314 g/mol. The molecule has 0 aliphatic heterocycles. The summed E-state index contributed by atoms with van der Waals surface area (Å²) in [4.78, 5) is 0. The molecule has 0 atom stereocenters. The number of nitrogens with zero attached hydrogens (tertiary/aromatic N) is 1. The first-order chi connectivity index (χ1) is 10.6. The normalized spacial score (nSPS) is 11.1. The van der Waals surface area contributed by atoms with Gasteiger partial charge in [-0.1, -0.05) is 30.7 Å². The van der Waals surface area contributed by atoms with E-state index in [2.05, 4.69) is 42.7 Å². The molecule has 0 aliphatic rings. The van der Waals surface area contributed by atoms with Crippen molar-refractivity contribution in [3.8, 4) is 5.75 Å². The molecule has 0 amide bonds. The van der Waals surface area contributed by atoms with Crippen molar-refractivity contribution in [2.24, 2.45) is 0 Å². The average Bonchev–Trinajstić information content (AvgIpc) is 2.81. The van der Waals surface area contributed by atoms with E-state index in [1.165, 1.54) is 27.7 Å². The number of hydrogen-bond donors (Lipinski definition) is 0. The Balaban J connectivity index is 2.13. The van der Waals surface area contributed by atoms with Crippen LogP contribution in [0.15, 0.2) is 42.5 Å². The Morgan fingerprint density at radius 3 is 2.45 bits per heavy atom. The Labute approximate surface area is 136 Å². The minimum Gasteiger partial charge on any atom is -0.497 e. The topological polar surface area (TPSA) is 14.2 Å². The second kappa shape index (κ2) is 6.05. The third-order valence-electron chi connectivity index (χ3n) is 4.25. The maximum Gasteiger partial charge on any atom is 0.119 e. The van der Waals surface area contributed by atoms with Gasteiger partial charge in [-0.2, -0.15) is 0 Å². The van der Waals surface area contributed by atoms with Crippen molar-refractivity contribution in [1.82, 2.24) is 4.57 Å². The van der Waals surface area contributed by atoms with Gasteiger partial charge in [0.15, 0.2) is 0 Å². The fourth-order valence-corrected chi connectivity index (χ4v) is 3.22. The van der Waals surface area contributed by atoms with Crippen molar-refractivity contribution in [3.63, 3.8) is 0 Å². The van der Waals surface area contributed by atoms with Gasteiger partial charge in [0.2, 0.25) is 0 Å². The molecule has 0 unspecified atom stereocenters. The van der Waals surface area contributed by atoms with Crippen LogP contribution in [0.5, 0.6) is 5.75 Å². The van der Waals surface area contributed by atoms with Gasteiger partial charge in [-0.3, -0.25) is 0 Å². The van der Waals surface area contributed by atoms with Crippen molar-refractivity contribution in [1.29, 1.82) is 0 Å². The zero-order valence-electron chi connectivity index (χ0n) is 13.2. The molecule has 2 nitrogen and oxygen atoms in total. The Kier molecular flexibility index (Phi) is 4.12. The fourth-order valence-electron chi connectivity index (χ4n) is 3.09. The number of hydrogen-bond acceptors (Lipinski definition) is 1. The van der Waals surface area contributed by atoms with E-state index in [0.29, 0.717) is 0 Å². The fraction of sp³-hybridized carbons (Fsp3) is 0.263. The highest BCUT2D eigenvalue weighted by Crippen LogP contribution is 2.30. The van der Waals surface area contributed by atoms with E-state index in [9.17, 15) is 0 Å². The van der Waals surface area contributed by atoms with E-state index in [0.717, 1.165) is 23.7 Å². The third kappa shape index (κ3) is 2.59. The number of methoxy groups -OCH3 is 1. The molecule has 1 aromatic heterocycles. The SMILES string of the molecule is CCc1c(C)c2cc(OC)ccc2n1Cc1ccc(Cl)cc1. The smallest absolute Gasteiger partial charge is 0.119 e. The van der Waals surface area contributed by atoms with Crippen molar-refractivity contribution in [2.75, 3.05) is 7.11 Å². The second-order valence-corrected chi connectivity index (χ2v) is 5.96. The standard InChI is InChI=1S/C19H20ClNO/c1-4-18-13(2)17-11-16(22-3)9-10-19(17)21(18)12-14-5-7-15(20)8-6-14/h5-11H,4,12H2,1-3H3. The summed E-state index contributed by atoms with van der Waals surface area (Å²) in [5.41, 5.74) is 5.22. The Bertz CT molecular complexity index is 802. The first kappa shape index (κ1) is 15.0. The van der Waals surface area contributed by atoms with Gasteiger partial charge in [-0.05, 0) is 54.8 Å². The summed E-state index contributed by atoms with van der Waals surface area (Å²) in [5, 5.41) is 2.04. The summed E-state index contributed by atoms with van der Waals surface area (Å²) >= 11 is 5.99. The molecule has 0 fully saturated rings. The molecule has 3 aromatic rings. The monoisotopic (exact) mass is 313 g/mol. The second-order valence-electron chi connectivity index (χ2n) is 5.52. The molecule has 0 aliphatic carbocycles. The summed E-state index contributed by atoms with van der Waals surface area (Å²) < 4.78 is 7.76. The van der Waals surface area contributed by atoms with Gasteiger partial charge in [0.05, 0.1) is 7.11 Å². The molecule has 22 heavy (non-hydrogen) atoms. The number of aryl methyl sites for hydroxylation is 1. The Morgan fingerprint density at radius 2 is 1.82 bits per heavy atom. The molecule has 0 spiro atoms. The molecule has 114 valence electrons. The maximum atomic E-state index is 5.99. The third-order valence-corrected chi connectivity index (χ3v) is 4.50. The first-order valence-corrected chi connectivity index (χ1v) is 7.92. The number of fused-ring (bicyclic) bond motifs is 1. The molecule has 2 aromatic carbocycles. The van der Waals surface area contributed by atoms with Crippen LogP contribution in [0.4, 0.5) is 0 Å². The molecule has 0 bridgehead atoms. The van der Waals surface area contributed by atoms with Gasteiger partial charge in [0, 0.05) is 28.2 Å². The number of ether oxygens (including phenoxy) is 1. The molecule has 1 heterocycles. The summed E-state index contributed by atoms with van der Waals surface area (Å²) in [6.07, 6.45) is 1.01. The van der Waals surface area contributed by atoms with E-state index >= 15 is 0 Å². The van der Waals surface area contributed by atoms with Crippen LogP contribution in [0, 0.1) is 6.92 Å². The maximum absolute atomic E-state index is 5.99. The molecule has 3 heteroatoms. The molecule has 0 saturated carbocycles. The molecule has 0 saturated heterocycles. The van der Waals surface area contributed by atoms with Crippen LogP contribution < -0.4 is 4.74 Å². The lowest BCUT2D eigenvalue weighted by atomic mass is 10.1. The van der Waals surface area contributed by atoms with Crippen LogP contribution in [0.2, 0.25) is 5.02 Å². The molecule has 3 rings (SSSR count). The van der Waals surface area contributed by atoms with Crippen molar-refractivity contribution in [2.45, 2.75) is 26.8 Å². The minimum absolute atomic E-state index is 0.776. The van der Waals surface area contributed by atoms with Gasteiger partial charge in [-0.25, -0.2) is 0 Å². The minimum atomic E-state index is 0.776. The summed E-state index contributed by atoms with van der Waals surface area (Å²) in [5.74, 6) is 0.905. The summed E-state index contributed by atoms with van der Waals surface area (Å²) in [6.45, 7) is 5.26. The molecule has 0 N–H and O–H groups in total. The Hall–Kier alpha value is -1.93. The zero-order chi connectivity index (χ0) is 15.7. The predicted octanol–water partition coefficient (Wildman–Crippen LogP) is 5.22. The van der Waals surface area contributed by atoms with Crippen LogP contribution in [0.25, 0.3) is 10.9 Å². The van der Waals surface area contributed by atoms with Crippen LogP contribution in [-0.2, 0) is 13.0 Å². The Morgan fingerprint density at radius 1 is 1.09 bits per heavy atom. The summed E-state index contributed by atoms with van der Waals surface area (Å²) in [6, 6.07) is 14.4. The van der Waals surface area contributed by atoms with Gasteiger partial charge in [-0.15, -0.1) is 0 Å². The van der Waals surface area contributed by atoms with Gasteiger partial charge < -0.3 is 9.30 Å². The number of rotatable bonds is 4. The largest absolute Gasteiger partial charge is 0.497 e. The summed E-state index contributed by atoms with van der Waals surface area (Å²) in [7, 11) is 1.71. The quantitative estimate of drug-likeness (QED) is 0.644. The molecule has 0 radical (unpaired) electrons. The van der Waals surface area contributed by atoms with Gasteiger partial charge >= 0.3 is 0 Å². The lowest BCUT2D eigenvalue weighted by molar-refractivity contribution is 0.415. The van der Waals surface area contributed by atoms with Crippen molar-refractivity contribution >= 4 is 22.5 Å². The zero-order valence-corrected chi connectivity index (χ0v) is 13.9. The number of benzene rings is 2. The van der Waals surface area contributed by atoms with Crippen LogP contribution in [0.3, 0.4) is 0 Å². The molecular formula is C19H20ClNO.